The van der Waals surface area contributed by atoms with Crippen molar-refractivity contribution in [2.45, 2.75) is 25.9 Å². The van der Waals surface area contributed by atoms with E-state index < -0.39 is 11.9 Å². The minimum Gasteiger partial charge on any atom is -0.491 e. The highest BCUT2D eigenvalue weighted by Gasteiger charge is 2.33. The Hall–Kier alpha value is -3.66. The maximum absolute atomic E-state index is 12.6. The lowest BCUT2D eigenvalue weighted by Crippen LogP contribution is -2.21. The number of hydrogen-bond acceptors (Lipinski definition) is 6. The first-order chi connectivity index (χ1) is 16.3. The Bertz CT molecular complexity index is 1310. The van der Waals surface area contributed by atoms with Crippen LogP contribution in [0.25, 0.3) is 0 Å². The average Bonchev–Trinajstić information content (AvgIpc) is 2.78. The normalized spacial score (nSPS) is 14.8. The van der Waals surface area contributed by atoms with Gasteiger partial charge in [-0.15, -0.1) is 0 Å². The number of nitrogens with two attached hydrogens (primary N) is 1. The van der Waals surface area contributed by atoms with Gasteiger partial charge in [-0.05, 0) is 56.3 Å². The molecule has 0 aliphatic carbocycles. The maximum atomic E-state index is 12.6. The van der Waals surface area contributed by atoms with Crippen LogP contribution in [0.4, 0.5) is 0 Å². The molecule has 0 radical (unpaired) electrons. The molecule has 1 unspecified atom stereocenters. The number of allylic oxidation sites excluding steroid dienone is 1. The van der Waals surface area contributed by atoms with E-state index in [0.29, 0.717) is 38.2 Å². The second-order valence-corrected chi connectivity index (χ2v) is 8.65. The number of fused-ring (bicyclic) bond motifs is 1. The predicted octanol–water partition coefficient (Wildman–Crippen LogP) is 6.22. The third-order valence-corrected chi connectivity index (χ3v) is 5.81. The number of carbonyl (C=O) groups excluding carboxylic acids is 1. The minimum absolute atomic E-state index is 0.0285. The number of nitrogens with zero attached hydrogens (tertiary/aromatic N) is 1. The number of hydrogen-bond donors (Lipinski definition) is 1. The first-order valence-corrected chi connectivity index (χ1v) is 11.2. The van der Waals surface area contributed by atoms with Gasteiger partial charge >= 0.3 is 5.97 Å². The Morgan fingerprint density at radius 3 is 2.32 bits per heavy atom. The molecule has 1 heterocycles. The molecule has 1 aliphatic heterocycles. The molecular formula is C26H20Cl2N2O4. The van der Waals surface area contributed by atoms with E-state index in [2.05, 4.69) is 6.07 Å². The van der Waals surface area contributed by atoms with Gasteiger partial charge < -0.3 is 19.9 Å². The van der Waals surface area contributed by atoms with Gasteiger partial charge in [0.05, 0.1) is 17.6 Å². The molecule has 0 saturated carbocycles. The number of esters is 1. The van der Waals surface area contributed by atoms with Gasteiger partial charge in [-0.3, -0.25) is 0 Å². The van der Waals surface area contributed by atoms with E-state index in [-0.39, 0.29) is 23.3 Å². The summed E-state index contributed by atoms with van der Waals surface area (Å²) < 4.78 is 16.8. The molecule has 3 aromatic carbocycles. The van der Waals surface area contributed by atoms with E-state index in [0.717, 1.165) is 0 Å². The third kappa shape index (κ3) is 4.67. The molecular weight excluding hydrogens is 475 g/mol. The topological polar surface area (TPSA) is 94.6 Å². The molecule has 0 saturated heterocycles. The summed E-state index contributed by atoms with van der Waals surface area (Å²) in [4.78, 5) is 12.6. The van der Waals surface area contributed by atoms with Crippen LogP contribution in [-0.2, 0) is 0 Å². The van der Waals surface area contributed by atoms with Gasteiger partial charge in [-0.1, -0.05) is 35.3 Å². The number of halogens is 2. The van der Waals surface area contributed by atoms with Crippen molar-refractivity contribution in [1.82, 2.24) is 0 Å². The SMILES string of the molecule is CC(C)Oc1ccc(C(=O)Oc2ccc3c(c2)OC(N)=C(C#N)C3c2c(Cl)cccc2Cl)cc1. The summed E-state index contributed by atoms with van der Waals surface area (Å²) in [6, 6.07) is 18.7. The fourth-order valence-electron chi connectivity index (χ4n) is 3.69. The average molecular weight is 495 g/mol. The largest absolute Gasteiger partial charge is 0.491 e. The van der Waals surface area contributed by atoms with Crippen molar-refractivity contribution in [2.24, 2.45) is 5.73 Å². The Morgan fingerprint density at radius 2 is 1.71 bits per heavy atom. The number of nitriles is 1. The molecule has 0 aromatic heterocycles. The molecule has 0 bridgehead atoms. The molecule has 3 aromatic rings. The highest BCUT2D eigenvalue weighted by atomic mass is 35.5. The standard InChI is InChI=1S/C26H20Cl2N2O4/c1-14(2)32-16-8-6-15(7-9-16)26(31)33-17-10-11-18-22(12-17)34-25(30)19(13-29)23(18)24-20(27)4-3-5-21(24)28/h3-12,14,23H,30H2,1-2H3. The maximum Gasteiger partial charge on any atom is 0.343 e. The van der Waals surface area contributed by atoms with Gasteiger partial charge in [0.2, 0.25) is 5.88 Å². The highest BCUT2D eigenvalue weighted by Crippen LogP contribution is 2.47. The van der Waals surface area contributed by atoms with Crippen LogP contribution < -0.4 is 19.9 Å². The van der Waals surface area contributed by atoms with Gasteiger partial charge in [0.15, 0.2) is 0 Å². The molecule has 1 atom stereocenters. The Kier molecular flexibility index (Phi) is 6.69. The zero-order valence-electron chi connectivity index (χ0n) is 18.3. The van der Waals surface area contributed by atoms with Gasteiger partial charge in [0.25, 0.3) is 0 Å². The summed E-state index contributed by atoms with van der Waals surface area (Å²) in [7, 11) is 0. The second kappa shape index (κ2) is 9.68. The summed E-state index contributed by atoms with van der Waals surface area (Å²) in [6.45, 7) is 3.85. The third-order valence-electron chi connectivity index (χ3n) is 5.15. The fraction of sp³-hybridized carbons (Fsp3) is 0.154. The quantitative estimate of drug-likeness (QED) is 0.334. The molecule has 8 heteroatoms. The summed E-state index contributed by atoms with van der Waals surface area (Å²) in [6.07, 6.45) is 0.0285. The van der Waals surface area contributed by atoms with Crippen LogP contribution in [0, 0.1) is 11.3 Å². The van der Waals surface area contributed by atoms with E-state index in [9.17, 15) is 10.1 Å². The molecule has 0 amide bonds. The number of ether oxygens (including phenoxy) is 3. The highest BCUT2D eigenvalue weighted by molar-refractivity contribution is 6.36. The van der Waals surface area contributed by atoms with Crippen LogP contribution >= 0.6 is 23.2 Å². The molecule has 0 spiro atoms. The van der Waals surface area contributed by atoms with E-state index in [1.54, 1.807) is 60.7 Å². The smallest absolute Gasteiger partial charge is 0.343 e. The monoisotopic (exact) mass is 494 g/mol. The molecule has 2 N–H and O–H groups in total. The molecule has 1 aliphatic rings. The Labute approximate surface area is 207 Å². The zero-order valence-corrected chi connectivity index (χ0v) is 19.9. The molecule has 4 rings (SSSR count). The molecule has 172 valence electrons. The van der Waals surface area contributed by atoms with Crippen molar-refractivity contribution < 1.29 is 19.0 Å². The van der Waals surface area contributed by atoms with Crippen LogP contribution in [-0.4, -0.2) is 12.1 Å². The summed E-state index contributed by atoms with van der Waals surface area (Å²) >= 11 is 12.9. The fourth-order valence-corrected chi connectivity index (χ4v) is 4.31. The minimum atomic E-state index is -0.631. The number of carbonyl (C=O) groups is 1. The Morgan fingerprint density at radius 1 is 1.06 bits per heavy atom. The van der Waals surface area contributed by atoms with Crippen molar-refractivity contribution in [2.75, 3.05) is 0 Å². The Balaban J connectivity index is 1.64. The van der Waals surface area contributed by atoms with Crippen molar-refractivity contribution in [3.63, 3.8) is 0 Å². The van der Waals surface area contributed by atoms with Gasteiger partial charge in [-0.2, -0.15) is 5.26 Å². The van der Waals surface area contributed by atoms with E-state index in [1.165, 1.54) is 0 Å². The lowest BCUT2D eigenvalue weighted by molar-refractivity contribution is 0.0734. The summed E-state index contributed by atoms with van der Waals surface area (Å²) in [5, 5.41) is 10.5. The van der Waals surface area contributed by atoms with Gasteiger partial charge in [0, 0.05) is 27.2 Å². The first-order valence-electron chi connectivity index (χ1n) is 10.4. The molecule has 6 nitrogen and oxygen atoms in total. The number of benzene rings is 3. The lowest BCUT2D eigenvalue weighted by Gasteiger charge is -2.27. The van der Waals surface area contributed by atoms with Gasteiger partial charge in [-0.25, -0.2) is 4.79 Å². The molecule has 34 heavy (non-hydrogen) atoms. The van der Waals surface area contributed by atoms with Crippen LogP contribution in [0.2, 0.25) is 10.0 Å². The van der Waals surface area contributed by atoms with Crippen molar-refractivity contribution in [3.8, 4) is 23.3 Å². The second-order valence-electron chi connectivity index (χ2n) is 7.84. The predicted molar refractivity (Wildman–Crippen MR) is 129 cm³/mol. The summed E-state index contributed by atoms with van der Waals surface area (Å²) in [5.41, 5.74) is 7.77. The van der Waals surface area contributed by atoms with E-state index in [4.69, 9.17) is 43.1 Å². The lowest BCUT2D eigenvalue weighted by atomic mass is 9.83. The van der Waals surface area contributed by atoms with Crippen LogP contribution in [0.5, 0.6) is 17.2 Å². The zero-order chi connectivity index (χ0) is 24.4. The summed E-state index contributed by atoms with van der Waals surface area (Å²) in [5.74, 6) is 0.00712. The molecule has 0 fully saturated rings. The van der Waals surface area contributed by atoms with E-state index in [1.807, 2.05) is 13.8 Å². The van der Waals surface area contributed by atoms with Crippen molar-refractivity contribution >= 4 is 29.2 Å². The van der Waals surface area contributed by atoms with Crippen LogP contribution in [0.3, 0.4) is 0 Å². The van der Waals surface area contributed by atoms with Gasteiger partial charge in [0.1, 0.15) is 28.9 Å². The van der Waals surface area contributed by atoms with Crippen molar-refractivity contribution in [1.29, 1.82) is 5.26 Å². The van der Waals surface area contributed by atoms with Crippen molar-refractivity contribution in [3.05, 3.63) is 98.9 Å². The van der Waals surface area contributed by atoms with E-state index >= 15 is 0 Å². The number of rotatable bonds is 5. The first kappa shape index (κ1) is 23.5. The van der Waals surface area contributed by atoms with Crippen LogP contribution in [0.15, 0.2) is 72.1 Å². The van der Waals surface area contributed by atoms with Crippen LogP contribution in [0.1, 0.15) is 41.3 Å².